The molecule has 78 valence electrons. The van der Waals surface area contributed by atoms with Crippen molar-refractivity contribution in [1.29, 1.82) is 0 Å². The van der Waals surface area contributed by atoms with E-state index >= 15 is 0 Å². The molecule has 0 unspecified atom stereocenters. The number of nitrogens with two attached hydrogens (primary N) is 1. The van der Waals surface area contributed by atoms with Crippen LogP contribution in [0.5, 0.6) is 0 Å². The van der Waals surface area contributed by atoms with Crippen LogP contribution in [0.15, 0.2) is 18.5 Å². The van der Waals surface area contributed by atoms with Gasteiger partial charge in [0.05, 0.1) is 5.02 Å². The highest BCUT2D eigenvalue weighted by Gasteiger charge is 2.26. The number of hydrogen-bond acceptors (Lipinski definition) is 2. The molecule has 0 radical (unpaired) electrons. The molecule has 1 fully saturated rings. The first-order chi connectivity index (χ1) is 6.29. The molecule has 0 saturated heterocycles. The van der Waals surface area contributed by atoms with Crippen molar-refractivity contribution in [3.05, 3.63) is 29.0 Å². The SMILES string of the molecule is Cl.N[C@@H](c1ccncc1Cl)C1CCC1. The summed E-state index contributed by atoms with van der Waals surface area (Å²) in [4.78, 5) is 3.94. The highest BCUT2D eigenvalue weighted by atomic mass is 35.5. The van der Waals surface area contributed by atoms with Gasteiger partial charge in [-0.2, -0.15) is 0 Å². The molecular weight excluding hydrogens is 219 g/mol. The van der Waals surface area contributed by atoms with Crippen molar-refractivity contribution in [3.63, 3.8) is 0 Å². The van der Waals surface area contributed by atoms with E-state index in [1.54, 1.807) is 12.4 Å². The lowest BCUT2D eigenvalue weighted by Crippen LogP contribution is -2.27. The number of nitrogens with zero attached hydrogens (tertiary/aromatic N) is 1. The zero-order valence-electron chi connectivity index (χ0n) is 7.82. The molecule has 2 nitrogen and oxygen atoms in total. The van der Waals surface area contributed by atoms with Gasteiger partial charge in [0.15, 0.2) is 0 Å². The van der Waals surface area contributed by atoms with Gasteiger partial charge in [-0.25, -0.2) is 0 Å². The third-order valence-electron chi connectivity index (χ3n) is 2.82. The molecule has 0 aromatic carbocycles. The second kappa shape index (κ2) is 4.96. The Balaban J connectivity index is 0.000000980. The minimum atomic E-state index is 0. The lowest BCUT2D eigenvalue weighted by atomic mass is 9.78. The molecule has 1 aromatic heterocycles. The van der Waals surface area contributed by atoms with Gasteiger partial charge >= 0.3 is 0 Å². The molecule has 1 saturated carbocycles. The van der Waals surface area contributed by atoms with Gasteiger partial charge in [-0.05, 0) is 30.4 Å². The van der Waals surface area contributed by atoms with Gasteiger partial charge in [-0.3, -0.25) is 4.98 Å². The largest absolute Gasteiger partial charge is 0.324 e. The Kier molecular flexibility index (Phi) is 4.17. The number of rotatable bonds is 2. The van der Waals surface area contributed by atoms with E-state index in [0.29, 0.717) is 10.9 Å². The van der Waals surface area contributed by atoms with Crippen LogP contribution in [0.3, 0.4) is 0 Å². The van der Waals surface area contributed by atoms with Crippen molar-refractivity contribution in [2.45, 2.75) is 25.3 Å². The van der Waals surface area contributed by atoms with E-state index in [4.69, 9.17) is 17.3 Å². The van der Waals surface area contributed by atoms with Crippen LogP contribution in [0.25, 0.3) is 0 Å². The normalized spacial score (nSPS) is 18.1. The van der Waals surface area contributed by atoms with E-state index in [1.807, 2.05) is 6.07 Å². The summed E-state index contributed by atoms with van der Waals surface area (Å²) in [6.07, 6.45) is 7.19. The van der Waals surface area contributed by atoms with E-state index in [-0.39, 0.29) is 18.4 Å². The van der Waals surface area contributed by atoms with Crippen molar-refractivity contribution in [1.82, 2.24) is 4.98 Å². The molecule has 14 heavy (non-hydrogen) atoms. The number of hydrogen-bond donors (Lipinski definition) is 1. The van der Waals surface area contributed by atoms with E-state index < -0.39 is 0 Å². The molecule has 2 N–H and O–H groups in total. The standard InChI is InChI=1S/C10H13ClN2.ClH/c11-9-6-13-5-4-8(9)10(12)7-2-1-3-7;/h4-7,10H,1-3,12H2;1H/t10-;/m1./s1. The lowest BCUT2D eigenvalue weighted by Gasteiger charge is -2.31. The van der Waals surface area contributed by atoms with Gasteiger partial charge in [0, 0.05) is 18.4 Å². The topological polar surface area (TPSA) is 38.9 Å². The average molecular weight is 233 g/mol. The molecule has 1 aliphatic rings. The highest BCUT2D eigenvalue weighted by Crippen LogP contribution is 2.37. The molecule has 1 aliphatic carbocycles. The smallest absolute Gasteiger partial charge is 0.0637 e. The van der Waals surface area contributed by atoms with Crippen molar-refractivity contribution in [2.24, 2.45) is 11.7 Å². The van der Waals surface area contributed by atoms with Crippen molar-refractivity contribution < 1.29 is 0 Å². The molecule has 1 aromatic rings. The monoisotopic (exact) mass is 232 g/mol. The Morgan fingerprint density at radius 1 is 1.50 bits per heavy atom. The quantitative estimate of drug-likeness (QED) is 0.852. The fourth-order valence-corrected chi connectivity index (χ4v) is 1.95. The molecule has 1 atom stereocenters. The van der Waals surface area contributed by atoms with Crippen molar-refractivity contribution in [2.75, 3.05) is 0 Å². The van der Waals surface area contributed by atoms with Gasteiger partial charge in [-0.15, -0.1) is 12.4 Å². The summed E-state index contributed by atoms with van der Waals surface area (Å²) in [7, 11) is 0. The summed E-state index contributed by atoms with van der Waals surface area (Å²) in [5.41, 5.74) is 7.13. The molecule has 0 amide bonds. The van der Waals surface area contributed by atoms with E-state index in [9.17, 15) is 0 Å². The van der Waals surface area contributed by atoms with Crippen molar-refractivity contribution in [3.8, 4) is 0 Å². The Morgan fingerprint density at radius 3 is 2.71 bits per heavy atom. The second-order valence-electron chi connectivity index (χ2n) is 3.61. The first kappa shape index (κ1) is 11.8. The van der Waals surface area contributed by atoms with E-state index in [0.717, 1.165) is 5.56 Å². The predicted molar refractivity (Wildman–Crippen MR) is 60.8 cm³/mol. The van der Waals surface area contributed by atoms with Gasteiger partial charge in [-0.1, -0.05) is 18.0 Å². The van der Waals surface area contributed by atoms with Crippen LogP contribution in [-0.2, 0) is 0 Å². The predicted octanol–water partition coefficient (Wildman–Crippen LogP) is 2.96. The maximum absolute atomic E-state index is 6.09. The summed E-state index contributed by atoms with van der Waals surface area (Å²) in [6.45, 7) is 0. The van der Waals surface area contributed by atoms with Gasteiger partial charge in [0.25, 0.3) is 0 Å². The first-order valence-corrected chi connectivity index (χ1v) is 5.02. The summed E-state index contributed by atoms with van der Waals surface area (Å²) in [6, 6.07) is 2.02. The van der Waals surface area contributed by atoms with Crippen molar-refractivity contribution >= 4 is 24.0 Å². The fourth-order valence-electron chi connectivity index (χ4n) is 1.71. The van der Waals surface area contributed by atoms with Crippen LogP contribution in [0.1, 0.15) is 30.9 Å². The molecule has 0 spiro atoms. The highest BCUT2D eigenvalue weighted by molar-refractivity contribution is 6.31. The number of halogens is 2. The van der Waals surface area contributed by atoms with Gasteiger partial charge in [0.2, 0.25) is 0 Å². The third-order valence-corrected chi connectivity index (χ3v) is 3.14. The van der Waals surface area contributed by atoms with Crippen LogP contribution < -0.4 is 5.73 Å². The lowest BCUT2D eigenvalue weighted by molar-refractivity contribution is 0.264. The minimum absolute atomic E-state index is 0. The molecule has 1 heterocycles. The third kappa shape index (κ3) is 2.19. The molecule has 0 bridgehead atoms. The van der Waals surface area contributed by atoms with E-state index in [2.05, 4.69) is 4.98 Å². The number of aromatic nitrogens is 1. The zero-order valence-corrected chi connectivity index (χ0v) is 9.39. The molecule has 2 rings (SSSR count). The zero-order chi connectivity index (χ0) is 9.26. The Hall–Kier alpha value is -0.310. The minimum Gasteiger partial charge on any atom is -0.324 e. The Morgan fingerprint density at radius 2 is 2.21 bits per heavy atom. The molecule has 0 aliphatic heterocycles. The maximum atomic E-state index is 6.09. The van der Waals surface area contributed by atoms with E-state index in [1.165, 1.54) is 19.3 Å². The fraction of sp³-hybridized carbons (Fsp3) is 0.500. The van der Waals surface area contributed by atoms with Crippen LogP contribution in [0, 0.1) is 5.92 Å². The summed E-state index contributed by atoms with van der Waals surface area (Å²) >= 11 is 6.00. The molecule has 4 heteroatoms. The first-order valence-electron chi connectivity index (χ1n) is 4.64. The van der Waals surface area contributed by atoms with Gasteiger partial charge in [0.1, 0.15) is 0 Å². The summed E-state index contributed by atoms with van der Waals surface area (Å²) in [5, 5.41) is 0.696. The Labute approximate surface area is 95.3 Å². The van der Waals surface area contributed by atoms with Crippen LogP contribution >= 0.6 is 24.0 Å². The van der Waals surface area contributed by atoms with Gasteiger partial charge < -0.3 is 5.73 Å². The average Bonchev–Trinajstić information content (AvgIpc) is 2.01. The summed E-state index contributed by atoms with van der Waals surface area (Å²) < 4.78 is 0. The number of pyridine rings is 1. The second-order valence-corrected chi connectivity index (χ2v) is 4.02. The Bertz CT molecular complexity index is 300. The van der Waals surface area contributed by atoms with Crippen LogP contribution in [0.2, 0.25) is 5.02 Å². The summed E-state index contributed by atoms with van der Waals surface area (Å²) in [5.74, 6) is 0.625. The van der Waals surface area contributed by atoms with Crippen LogP contribution in [-0.4, -0.2) is 4.98 Å². The van der Waals surface area contributed by atoms with Crippen LogP contribution in [0.4, 0.5) is 0 Å². The maximum Gasteiger partial charge on any atom is 0.0637 e. The molecular formula is C10H14Cl2N2.